The predicted octanol–water partition coefficient (Wildman–Crippen LogP) is 2.99. The fraction of sp³-hybridized carbons (Fsp3) is 0.235. The maximum atomic E-state index is 11.5. The van der Waals surface area contributed by atoms with Gasteiger partial charge in [0.05, 0.1) is 5.92 Å². The van der Waals surface area contributed by atoms with Crippen LogP contribution in [0.4, 0.5) is 0 Å². The second-order valence-electron chi connectivity index (χ2n) is 4.98. The molecule has 1 atom stereocenters. The quantitative estimate of drug-likeness (QED) is 0.876. The third kappa shape index (κ3) is 3.93. The summed E-state index contributed by atoms with van der Waals surface area (Å²) in [5.41, 5.74) is 2.03. The van der Waals surface area contributed by atoms with Crippen molar-refractivity contribution in [2.75, 3.05) is 13.6 Å². The first kappa shape index (κ1) is 14.3. The molecular formula is C17H19NO2. The van der Waals surface area contributed by atoms with Crippen molar-refractivity contribution < 1.29 is 9.90 Å². The molecule has 0 aliphatic carbocycles. The Morgan fingerprint density at radius 1 is 1.05 bits per heavy atom. The van der Waals surface area contributed by atoms with E-state index in [-0.39, 0.29) is 0 Å². The van der Waals surface area contributed by atoms with Gasteiger partial charge in [-0.25, -0.2) is 0 Å². The number of likely N-dealkylation sites (N-methyl/N-ethyl adjacent to an activating group) is 1. The first-order valence-electron chi connectivity index (χ1n) is 6.67. The summed E-state index contributed by atoms with van der Waals surface area (Å²) in [4.78, 5) is 13.5. The lowest BCUT2D eigenvalue weighted by Crippen LogP contribution is -2.28. The summed E-state index contributed by atoms with van der Waals surface area (Å²) in [6.07, 6.45) is 0. The molecule has 104 valence electrons. The number of carboxylic acid groups (broad SMARTS) is 1. The summed E-state index contributed by atoms with van der Waals surface area (Å²) in [5, 5.41) is 9.41. The first-order valence-corrected chi connectivity index (χ1v) is 6.67. The van der Waals surface area contributed by atoms with Crippen molar-refractivity contribution in [1.82, 2.24) is 4.90 Å². The van der Waals surface area contributed by atoms with Gasteiger partial charge in [-0.05, 0) is 18.2 Å². The van der Waals surface area contributed by atoms with Gasteiger partial charge >= 0.3 is 5.97 Å². The van der Waals surface area contributed by atoms with Crippen LogP contribution in [0.25, 0.3) is 0 Å². The van der Waals surface area contributed by atoms with E-state index in [0.29, 0.717) is 6.54 Å². The number of carbonyl (C=O) groups is 1. The van der Waals surface area contributed by atoms with Crippen molar-refractivity contribution in [2.45, 2.75) is 12.5 Å². The number of rotatable bonds is 6. The van der Waals surface area contributed by atoms with Gasteiger partial charge in [-0.1, -0.05) is 60.7 Å². The van der Waals surface area contributed by atoms with Crippen molar-refractivity contribution in [3.8, 4) is 0 Å². The molecule has 0 amide bonds. The normalized spacial score (nSPS) is 12.3. The molecule has 0 saturated carbocycles. The minimum Gasteiger partial charge on any atom is -0.481 e. The molecule has 0 fully saturated rings. The van der Waals surface area contributed by atoms with E-state index in [1.165, 1.54) is 5.56 Å². The number of benzene rings is 2. The molecule has 0 spiro atoms. The monoisotopic (exact) mass is 269 g/mol. The predicted molar refractivity (Wildman–Crippen MR) is 79.6 cm³/mol. The standard InChI is InChI=1S/C17H19NO2/c1-18(12-14-8-4-2-5-9-14)13-16(17(19)20)15-10-6-3-7-11-15/h2-11,16H,12-13H2,1H3,(H,19,20). The van der Waals surface area contributed by atoms with Crippen LogP contribution in [0.2, 0.25) is 0 Å². The fourth-order valence-electron chi connectivity index (χ4n) is 2.28. The van der Waals surface area contributed by atoms with Gasteiger partial charge in [-0.2, -0.15) is 0 Å². The van der Waals surface area contributed by atoms with Crippen molar-refractivity contribution in [2.24, 2.45) is 0 Å². The molecule has 0 heterocycles. The maximum Gasteiger partial charge on any atom is 0.312 e. The largest absolute Gasteiger partial charge is 0.481 e. The lowest BCUT2D eigenvalue weighted by atomic mass is 9.98. The van der Waals surface area contributed by atoms with Crippen molar-refractivity contribution >= 4 is 5.97 Å². The van der Waals surface area contributed by atoms with E-state index in [4.69, 9.17) is 0 Å². The van der Waals surface area contributed by atoms with Crippen LogP contribution in [0.1, 0.15) is 17.0 Å². The smallest absolute Gasteiger partial charge is 0.312 e. The molecule has 0 aromatic heterocycles. The van der Waals surface area contributed by atoms with Gasteiger partial charge in [0.25, 0.3) is 0 Å². The average molecular weight is 269 g/mol. The Labute approximate surface area is 119 Å². The Morgan fingerprint density at radius 3 is 2.15 bits per heavy atom. The Kier molecular flexibility index (Phi) is 4.91. The summed E-state index contributed by atoms with van der Waals surface area (Å²) in [7, 11) is 1.95. The molecule has 20 heavy (non-hydrogen) atoms. The van der Waals surface area contributed by atoms with Crippen LogP contribution < -0.4 is 0 Å². The van der Waals surface area contributed by atoms with Gasteiger partial charge in [0, 0.05) is 13.1 Å². The van der Waals surface area contributed by atoms with Crippen LogP contribution in [0.5, 0.6) is 0 Å². The summed E-state index contributed by atoms with van der Waals surface area (Å²) in [6, 6.07) is 19.5. The van der Waals surface area contributed by atoms with E-state index in [1.807, 2.05) is 60.5 Å². The van der Waals surface area contributed by atoms with Crippen LogP contribution in [-0.2, 0) is 11.3 Å². The molecule has 3 heteroatoms. The van der Waals surface area contributed by atoms with Crippen LogP contribution in [0.3, 0.4) is 0 Å². The van der Waals surface area contributed by atoms with Crippen molar-refractivity contribution in [3.05, 3.63) is 71.8 Å². The number of aliphatic carboxylic acids is 1. The molecule has 0 aliphatic rings. The molecule has 0 saturated heterocycles. The average Bonchev–Trinajstić information content (AvgIpc) is 2.46. The van der Waals surface area contributed by atoms with Crippen LogP contribution in [0.15, 0.2) is 60.7 Å². The number of carboxylic acids is 1. The van der Waals surface area contributed by atoms with E-state index in [1.54, 1.807) is 0 Å². The first-order chi connectivity index (χ1) is 9.66. The molecule has 1 N–H and O–H groups in total. The zero-order chi connectivity index (χ0) is 14.4. The molecule has 2 aromatic carbocycles. The third-order valence-electron chi connectivity index (χ3n) is 3.29. The van der Waals surface area contributed by atoms with Crippen LogP contribution >= 0.6 is 0 Å². The molecule has 0 aliphatic heterocycles. The van der Waals surface area contributed by atoms with Gasteiger partial charge in [0.1, 0.15) is 0 Å². The highest BCUT2D eigenvalue weighted by Gasteiger charge is 2.21. The molecule has 0 bridgehead atoms. The van der Waals surface area contributed by atoms with Gasteiger partial charge in [0.15, 0.2) is 0 Å². The van der Waals surface area contributed by atoms with Crippen LogP contribution in [0, 0.1) is 0 Å². The highest BCUT2D eigenvalue weighted by Crippen LogP contribution is 2.17. The number of nitrogens with zero attached hydrogens (tertiary/aromatic N) is 1. The molecule has 3 nitrogen and oxygen atoms in total. The Hall–Kier alpha value is -2.13. The highest BCUT2D eigenvalue weighted by atomic mass is 16.4. The van der Waals surface area contributed by atoms with Crippen molar-refractivity contribution in [1.29, 1.82) is 0 Å². The minimum absolute atomic E-state index is 0.494. The van der Waals surface area contributed by atoms with E-state index in [0.717, 1.165) is 12.1 Å². The van der Waals surface area contributed by atoms with Gasteiger partial charge in [-0.3, -0.25) is 4.79 Å². The maximum absolute atomic E-state index is 11.5. The van der Waals surface area contributed by atoms with Crippen molar-refractivity contribution in [3.63, 3.8) is 0 Å². The zero-order valence-corrected chi connectivity index (χ0v) is 11.6. The van der Waals surface area contributed by atoms with E-state index in [2.05, 4.69) is 12.1 Å². The highest BCUT2D eigenvalue weighted by molar-refractivity contribution is 5.76. The molecule has 2 rings (SSSR count). The van der Waals surface area contributed by atoms with Gasteiger partial charge in [-0.15, -0.1) is 0 Å². The second kappa shape index (κ2) is 6.87. The molecule has 2 aromatic rings. The Morgan fingerprint density at radius 2 is 1.60 bits per heavy atom. The van der Waals surface area contributed by atoms with E-state index >= 15 is 0 Å². The Balaban J connectivity index is 2.04. The van der Waals surface area contributed by atoms with E-state index in [9.17, 15) is 9.90 Å². The minimum atomic E-state index is -0.781. The summed E-state index contributed by atoms with van der Waals surface area (Å²) < 4.78 is 0. The third-order valence-corrected chi connectivity index (χ3v) is 3.29. The Bertz CT molecular complexity index is 539. The number of hydrogen-bond acceptors (Lipinski definition) is 2. The SMILES string of the molecule is CN(Cc1ccccc1)CC(C(=O)O)c1ccccc1. The fourth-order valence-corrected chi connectivity index (χ4v) is 2.28. The summed E-state index contributed by atoms with van der Waals surface area (Å²) >= 11 is 0. The summed E-state index contributed by atoms with van der Waals surface area (Å²) in [5.74, 6) is -1.28. The summed E-state index contributed by atoms with van der Waals surface area (Å²) in [6.45, 7) is 1.24. The second-order valence-corrected chi connectivity index (χ2v) is 4.98. The number of hydrogen-bond donors (Lipinski definition) is 1. The van der Waals surface area contributed by atoms with Gasteiger partial charge < -0.3 is 10.0 Å². The molecule has 1 unspecified atom stereocenters. The van der Waals surface area contributed by atoms with Crippen LogP contribution in [-0.4, -0.2) is 29.6 Å². The topological polar surface area (TPSA) is 40.5 Å². The molecule has 0 radical (unpaired) electrons. The lowest BCUT2D eigenvalue weighted by Gasteiger charge is -2.21. The van der Waals surface area contributed by atoms with Gasteiger partial charge in [0.2, 0.25) is 0 Å². The lowest BCUT2D eigenvalue weighted by molar-refractivity contribution is -0.139. The zero-order valence-electron chi connectivity index (χ0n) is 11.6. The molecular weight excluding hydrogens is 250 g/mol. The van der Waals surface area contributed by atoms with E-state index < -0.39 is 11.9 Å².